The number of aromatic nitrogens is 3. The van der Waals surface area contributed by atoms with Crippen LogP contribution in [-0.4, -0.2) is 15.0 Å². The first kappa shape index (κ1) is 19.5. The van der Waals surface area contributed by atoms with Gasteiger partial charge in [-0.1, -0.05) is 93.1 Å². The van der Waals surface area contributed by atoms with Gasteiger partial charge in [-0.2, -0.15) is 0 Å². The van der Waals surface area contributed by atoms with E-state index in [-0.39, 0.29) is 0 Å². The van der Waals surface area contributed by atoms with Crippen LogP contribution in [0.5, 0.6) is 0 Å². The van der Waals surface area contributed by atoms with Crippen molar-refractivity contribution in [3.05, 3.63) is 78.8 Å². The Morgan fingerprint density at radius 1 is 0.586 bits per heavy atom. The Morgan fingerprint density at radius 3 is 1.90 bits per heavy atom. The van der Waals surface area contributed by atoms with Crippen LogP contribution in [0, 0.1) is 0 Å². The second kappa shape index (κ2) is 10.1. The highest BCUT2D eigenvalue weighted by molar-refractivity contribution is 5.77. The lowest BCUT2D eigenvalue weighted by Gasteiger charge is -2.14. The molecule has 3 heteroatoms. The number of rotatable bonds is 2. The van der Waals surface area contributed by atoms with E-state index in [2.05, 4.69) is 24.3 Å². The van der Waals surface area contributed by atoms with Crippen molar-refractivity contribution in [2.75, 3.05) is 0 Å². The molecule has 2 heterocycles. The van der Waals surface area contributed by atoms with Gasteiger partial charge in [-0.15, -0.1) is 0 Å². The van der Waals surface area contributed by atoms with Crippen molar-refractivity contribution in [1.29, 1.82) is 0 Å². The Kier molecular flexibility index (Phi) is 6.80. The fourth-order valence-electron chi connectivity index (χ4n) is 4.05. The van der Waals surface area contributed by atoms with Crippen molar-refractivity contribution in [2.24, 2.45) is 0 Å². The van der Waals surface area contributed by atoms with Crippen molar-refractivity contribution in [3.63, 3.8) is 0 Å². The lowest BCUT2D eigenvalue weighted by atomic mass is 9.96. The Hall–Kier alpha value is -2.81. The van der Waals surface area contributed by atoms with Crippen LogP contribution in [0.3, 0.4) is 0 Å². The smallest absolute Gasteiger partial charge is 0.132 e. The van der Waals surface area contributed by atoms with Crippen LogP contribution in [0.2, 0.25) is 0 Å². The van der Waals surface area contributed by atoms with Crippen LogP contribution >= 0.6 is 0 Å². The summed E-state index contributed by atoms with van der Waals surface area (Å²) >= 11 is 0. The second-order valence-corrected chi connectivity index (χ2v) is 7.86. The molecule has 4 rings (SSSR count). The summed E-state index contributed by atoms with van der Waals surface area (Å²) in [5.74, 6) is 1.50. The van der Waals surface area contributed by atoms with Crippen LogP contribution in [0.25, 0.3) is 22.3 Å². The Bertz CT molecular complexity index is 963. The number of nitrogens with zero attached hydrogens (tertiary/aromatic N) is 3. The summed E-state index contributed by atoms with van der Waals surface area (Å²) in [6.45, 7) is 0. The second-order valence-electron chi connectivity index (χ2n) is 7.86. The molecule has 29 heavy (non-hydrogen) atoms. The number of fused-ring (bicyclic) bond motifs is 1. The lowest BCUT2D eigenvalue weighted by Crippen LogP contribution is -2.05. The third-order valence-electron chi connectivity index (χ3n) is 5.69. The van der Waals surface area contributed by atoms with E-state index in [1.165, 1.54) is 51.4 Å². The molecule has 0 N–H and O–H groups in total. The van der Waals surface area contributed by atoms with Crippen LogP contribution in [0.15, 0.2) is 72.9 Å². The molecule has 1 aromatic carbocycles. The van der Waals surface area contributed by atoms with E-state index in [9.17, 15) is 0 Å². The van der Waals surface area contributed by atoms with E-state index < -0.39 is 0 Å². The van der Waals surface area contributed by atoms with Gasteiger partial charge in [0.1, 0.15) is 11.3 Å². The molecule has 0 spiro atoms. The molecule has 0 bridgehead atoms. The van der Waals surface area contributed by atoms with Gasteiger partial charge in [0.2, 0.25) is 0 Å². The quantitative estimate of drug-likeness (QED) is 0.476. The first-order chi connectivity index (χ1) is 14.4. The minimum atomic E-state index is 0.492. The summed E-state index contributed by atoms with van der Waals surface area (Å²) in [6, 6.07) is 22.5. The van der Waals surface area contributed by atoms with Crippen LogP contribution in [-0.2, 0) is 0 Å². The minimum absolute atomic E-state index is 0.492. The Morgan fingerprint density at radius 2 is 1.21 bits per heavy atom. The molecular weight excluding hydrogens is 354 g/mol. The maximum Gasteiger partial charge on any atom is 0.132 e. The molecule has 148 valence electrons. The first-order valence-electron chi connectivity index (χ1n) is 10.9. The van der Waals surface area contributed by atoms with Gasteiger partial charge in [-0.3, -0.25) is 0 Å². The fourth-order valence-corrected chi connectivity index (χ4v) is 4.05. The summed E-state index contributed by atoms with van der Waals surface area (Å²) in [5, 5.41) is 0. The average molecular weight is 384 g/mol. The zero-order valence-electron chi connectivity index (χ0n) is 17.0. The van der Waals surface area contributed by atoms with Crippen LogP contribution in [0.1, 0.15) is 63.1 Å². The molecule has 0 radical (unpaired) electrons. The summed E-state index contributed by atoms with van der Waals surface area (Å²) in [5.41, 5.74) is 3.82. The van der Waals surface area contributed by atoms with E-state index in [0.29, 0.717) is 5.92 Å². The molecule has 1 saturated carbocycles. The molecular formula is C26H29N3. The zero-order valence-corrected chi connectivity index (χ0v) is 17.0. The molecule has 2 aromatic heterocycles. The molecule has 0 atom stereocenters. The fraction of sp³-hybridized carbons (Fsp3) is 0.346. The molecule has 0 saturated heterocycles. The average Bonchev–Trinajstić information content (AvgIpc) is 2.91. The van der Waals surface area contributed by atoms with E-state index in [0.717, 1.165) is 28.1 Å². The van der Waals surface area contributed by atoms with Gasteiger partial charge in [-0.05, 0) is 25.0 Å². The molecule has 0 amide bonds. The summed E-state index contributed by atoms with van der Waals surface area (Å²) < 4.78 is 0. The van der Waals surface area contributed by atoms with Crippen molar-refractivity contribution in [3.8, 4) is 11.3 Å². The summed E-state index contributed by atoms with van der Waals surface area (Å²) in [6.07, 6.45) is 12.4. The minimum Gasteiger partial charge on any atom is -0.245 e. The number of hydrogen-bond donors (Lipinski definition) is 0. The highest BCUT2D eigenvalue weighted by atomic mass is 14.9. The van der Waals surface area contributed by atoms with Gasteiger partial charge in [0.15, 0.2) is 0 Å². The normalized spacial score (nSPS) is 15.7. The largest absolute Gasteiger partial charge is 0.245 e. The Balaban J connectivity index is 1.63. The van der Waals surface area contributed by atoms with Crippen molar-refractivity contribution < 1.29 is 0 Å². The molecule has 3 aromatic rings. The van der Waals surface area contributed by atoms with Crippen LogP contribution < -0.4 is 0 Å². The van der Waals surface area contributed by atoms with E-state index in [1.54, 1.807) is 0 Å². The van der Waals surface area contributed by atoms with Gasteiger partial charge < -0.3 is 0 Å². The molecule has 0 unspecified atom stereocenters. The molecule has 3 nitrogen and oxygen atoms in total. The van der Waals surface area contributed by atoms with Gasteiger partial charge in [0.25, 0.3) is 0 Å². The molecule has 0 aliphatic heterocycles. The van der Waals surface area contributed by atoms with E-state index in [4.69, 9.17) is 15.0 Å². The molecule has 1 aliphatic rings. The summed E-state index contributed by atoms with van der Waals surface area (Å²) in [7, 11) is 0. The van der Waals surface area contributed by atoms with E-state index >= 15 is 0 Å². The monoisotopic (exact) mass is 383 g/mol. The molecule has 1 fully saturated rings. The number of pyridine rings is 1. The first-order valence-corrected chi connectivity index (χ1v) is 10.9. The van der Waals surface area contributed by atoms with Crippen molar-refractivity contribution >= 4 is 11.0 Å². The van der Waals surface area contributed by atoms with Crippen molar-refractivity contribution in [2.45, 2.75) is 57.3 Å². The van der Waals surface area contributed by atoms with Gasteiger partial charge in [0, 0.05) is 11.5 Å². The summed E-state index contributed by atoms with van der Waals surface area (Å²) in [4.78, 5) is 14.5. The lowest BCUT2D eigenvalue weighted by molar-refractivity contribution is 0.517. The third-order valence-corrected chi connectivity index (χ3v) is 5.69. The van der Waals surface area contributed by atoms with Gasteiger partial charge >= 0.3 is 0 Å². The highest BCUT2D eigenvalue weighted by Crippen LogP contribution is 2.29. The highest BCUT2D eigenvalue weighted by Gasteiger charge is 2.16. The Labute approximate surface area is 173 Å². The SMILES string of the molecule is c1ccccc(-c2ccc3nc(C4CCCCCCCC4)ncc3n2)cccc1. The topological polar surface area (TPSA) is 38.7 Å². The van der Waals surface area contributed by atoms with Crippen molar-refractivity contribution in [1.82, 2.24) is 15.0 Å². The third kappa shape index (κ3) is 5.38. The predicted octanol–water partition coefficient (Wildman–Crippen LogP) is 7.03. The maximum absolute atomic E-state index is 4.90. The molecule has 1 aliphatic carbocycles. The zero-order chi connectivity index (χ0) is 19.7. The predicted molar refractivity (Wildman–Crippen MR) is 120 cm³/mol. The van der Waals surface area contributed by atoms with Gasteiger partial charge in [-0.25, -0.2) is 15.0 Å². The van der Waals surface area contributed by atoms with Gasteiger partial charge in [0.05, 0.1) is 17.4 Å². The number of hydrogen-bond acceptors (Lipinski definition) is 3. The van der Waals surface area contributed by atoms with E-state index in [1.807, 2.05) is 48.7 Å². The standard InChI is InChI=1S/C26H29N3/c1-2-6-10-14-21(15-11-7-3-1)23-18-19-24-25(28-23)20-27-26(29-24)22-16-12-8-4-5-9-13-17-22/h1-3,6-7,10-11,14-15,18-20,22H,4-5,8-9,12-13,16-17H2. The van der Waals surface area contributed by atoms with Crippen LogP contribution in [0.4, 0.5) is 0 Å². The maximum atomic E-state index is 4.90.